The molecule has 0 fully saturated rings. The fraction of sp³-hybridized carbons (Fsp3) is 0.0769. The van der Waals surface area contributed by atoms with Gasteiger partial charge in [0.15, 0.2) is 0 Å². The van der Waals surface area contributed by atoms with Crippen LogP contribution in [0.2, 0.25) is 5.02 Å². The topological polar surface area (TPSA) is 46.2 Å². The number of hydrogen-bond acceptors (Lipinski definition) is 2. The van der Waals surface area contributed by atoms with E-state index in [4.69, 9.17) is 17.3 Å². The first-order valence-corrected chi connectivity index (χ1v) is 5.33. The number of rotatable bonds is 2. The first-order chi connectivity index (χ1) is 7.66. The zero-order chi connectivity index (χ0) is 11.5. The Morgan fingerprint density at radius 1 is 1.00 bits per heavy atom. The van der Waals surface area contributed by atoms with Crippen molar-refractivity contribution >= 4 is 17.3 Å². The maximum Gasteiger partial charge on any atom is 0.104 e. The zero-order valence-corrected chi connectivity index (χ0v) is 9.35. The normalized spacial score (nSPS) is 12.4. The quantitative estimate of drug-likeness (QED) is 0.784. The molecule has 1 unspecified atom stereocenters. The Labute approximate surface area is 99.3 Å². The Morgan fingerprint density at radius 2 is 1.69 bits per heavy atom. The second-order valence-electron chi connectivity index (χ2n) is 3.62. The van der Waals surface area contributed by atoms with Crippen LogP contribution in [0.15, 0.2) is 48.5 Å². The predicted molar refractivity (Wildman–Crippen MR) is 66.4 cm³/mol. The highest BCUT2D eigenvalue weighted by molar-refractivity contribution is 6.30. The molecule has 0 amide bonds. The SMILES string of the molecule is Nc1cccc(C(O)c2ccc(Cl)cc2)c1. The van der Waals surface area contributed by atoms with E-state index in [1.165, 1.54) is 0 Å². The Bertz CT molecular complexity index is 482. The molecule has 0 heterocycles. The molecule has 0 aliphatic heterocycles. The molecule has 0 saturated carbocycles. The monoisotopic (exact) mass is 233 g/mol. The third kappa shape index (κ3) is 2.35. The first-order valence-electron chi connectivity index (χ1n) is 4.96. The molecule has 2 rings (SSSR count). The smallest absolute Gasteiger partial charge is 0.104 e. The van der Waals surface area contributed by atoms with Crippen LogP contribution in [0.4, 0.5) is 5.69 Å². The molecule has 0 aromatic heterocycles. The summed E-state index contributed by atoms with van der Waals surface area (Å²) >= 11 is 5.79. The third-order valence-corrected chi connectivity index (χ3v) is 2.66. The number of nitrogen functional groups attached to an aromatic ring is 1. The van der Waals surface area contributed by atoms with Crippen molar-refractivity contribution < 1.29 is 5.11 Å². The van der Waals surface area contributed by atoms with Crippen LogP contribution in [0.1, 0.15) is 17.2 Å². The van der Waals surface area contributed by atoms with E-state index >= 15 is 0 Å². The lowest BCUT2D eigenvalue weighted by molar-refractivity contribution is 0.220. The van der Waals surface area contributed by atoms with Gasteiger partial charge in [-0.3, -0.25) is 0 Å². The lowest BCUT2D eigenvalue weighted by Crippen LogP contribution is -2.00. The van der Waals surface area contributed by atoms with Gasteiger partial charge < -0.3 is 10.8 Å². The fourth-order valence-corrected chi connectivity index (χ4v) is 1.69. The standard InChI is InChI=1S/C13H12ClNO/c14-11-6-4-9(5-7-11)13(16)10-2-1-3-12(15)8-10/h1-8,13,16H,15H2. The van der Waals surface area contributed by atoms with E-state index in [1.807, 2.05) is 12.1 Å². The summed E-state index contributed by atoms with van der Waals surface area (Å²) in [5.41, 5.74) is 7.89. The van der Waals surface area contributed by atoms with Crippen molar-refractivity contribution in [1.29, 1.82) is 0 Å². The van der Waals surface area contributed by atoms with Crippen molar-refractivity contribution in [3.8, 4) is 0 Å². The average molecular weight is 234 g/mol. The van der Waals surface area contributed by atoms with Gasteiger partial charge in [-0.05, 0) is 35.4 Å². The van der Waals surface area contributed by atoms with E-state index in [2.05, 4.69) is 0 Å². The van der Waals surface area contributed by atoms with Crippen LogP contribution in [-0.2, 0) is 0 Å². The van der Waals surface area contributed by atoms with E-state index < -0.39 is 6.10 Å². The molecule has 2 aromatic rings. The molecule has 16 heavy (non-hydrogen) atoms. The molecule has 82 valence electrons. The number of hydrogen-bond donors (Lipinski definition) is 2. The molecule has 2 nitrogen and oxygen atoms in total. The maximum absolute atomic E-state index is 10.1. The number of halogens is 1. The highest BCUT2D eigenvalue weighted by atomic mass is 35.5. The third-order valence-electron chi connectivity index (χ3n) is 2.41. The summed E-state index contributed by atoms with van der Waals surface area (Å²) < 4.78 is 0. The minimum atomic E-state index is -0.666. The van der Waals surface area contributed by atoms with E-state index in [0.29, 0.717) is 10.7 Å². The minimum absolute atomic E-state index is 0.644. The fourth-order valence-electron chi connectivity index (χ4n) is 1.57. The molecule has 1 atom stereocenters. The number of benzene rings is 2. The van der Waals surface area contributed by atoms with Crippen molar-refractivity contribution in [3.63, 3.8) is 0 Å². The molecule has 0 spiro atoms. The van der Waals surface area contributed by atoms with Crippen LogP contribution in [-0.4, -0.2) is 5.11 Å². The molecule has 0 aliphatic carbocycles. The van der Waals surface area contributed by atoms with Gasteiger partial charge in [-0.15, -0.1) is 0 Å². The molecule has 0 radical (unpaired) electrons. The lowest BCUT2D eigenvalue weighted by Gasteiger charge is -2.11. The van der Waals surface area contributed by atoms with Crippen molar-refractivity contribution in [2.75, 3.05) is 5.73 Å². The van der Waals surface area contributed by atoms with Crippen molar-refractivity contribution in [1.82, 2.24) is 0 Å². The van der Waals surface area contributed by atoms with E-state index in [-0.39, 0.29) is 0 Å². The Balaban J connectivity index is 2.31. The van der Waals surface area contributed by atoms with Crippen LogP contribution in [0.5, 0.6) is 0 Å². The predicted octanol–water partition coefficient (Wildman–Crippen LogP) is 3.00. The largest absolute Gasteiger partial charge is 0.399 e. The Hall–Kier alpha value is -1.51. The van der Waals surface area contributed by atoms with Gasteiger partial charge in [0, 0.05) is 10.7 Å². The van der Waals surface area contributed by atoms with Crippen molar-refractivity contribution in [2.45, 2.75) is 6.10 Å². The molecule has 3 N–H and O–H groups in total. The molecule has 0 bridgehead atoms. The van der Waals surface area contributed by atoms with Crippen LogP contribution < -0.4 is 5.73 Å². The van der Waals surface area contributed by atoms with Gasteiger partial charge in [-0.25, -0.2) is 0 Å². The second-order valence-corrected chi connectivity index (χ2v) is 4.06. The van der Waals surface area contributed by atoms with Gasteiger partial charge in [-0.1, -0.05) is 35.9 Å². The number of anilines is 1. The van der Waals surface area contributed by atoms with Gasteiger partial charge >= 0.3 is 0 Å². The molecule has 2 aromatic carbocycles. The molecular weight excluding hydrogens is 222 g/mol. The Morgan fingerprint density at radius 3 is 2.31 bits per heavy atom. The van der Waals surface area contributed by atoms with Gasteiger partial charge in [0.05, 0.1) is 0 Å². The number of aliphatic hydroxyl groups is 1. The maximum atomic E-state index is 10.1. The van der Waals surface area contributed by atoms with Crippen LogP contribution in [0.25, 0.3) is 0 Å². The van der Waals surface area contributed by atoms with Gasteiger partial charge in [0.1, 0.15) is 6.10 Å². The highest BCUT2D eigenvalue weighted by Crippen LogP contribution is 2.24. The summed E-state index contributed by atoms with van der Waals surface area (Å²) in [6.07, 6.45) is -0.666. The highest BCUT2D eigenvalue weighted by Gasteiger charge is 2.09. The van der Waals surface area contributed by atoms with Gasteiger partial charge in [0.25, 0.3) is 0 Å². The summed E-state index contributed by atoms with van der Waals surface area (Å²) in [6, 6.07) is 14.3. The van der Waals surface area contributed by atoms with Crippen LogP contribution in [0, 0.1) is 0 Å². The van der Waals surface area contributed by atoms with Gasteiger partial charge in [-0.2, -0.15) is 0 Å². The number of aliphatic hydroxyl groups excluding tert-OH is 1. The van der Waals surface area contributed by atoms with Crippen molar-refractivity contribution in [3.05, 3.63) is 64.7 Å². The Kier molecular flexibility index (Phi) is 3.13. The molecular formula is C13H12ClNO. The second kappa shape index (κ2) is 4.56. The molecule has 3 heteroatoms. The van der Waals surface area contributed by atoms with Crippen LogP contribution >= 0.6 is 11.6 Å². The zero-order valence-electron chi connectivity index (χ0n) is 8.60. The van der Waals surface area contributed by atoms with Crippen molar-refractivity contribution in [2.24, 2.45) is 0 Å². The first kappa shape index (κ1) is 11.0. The summed E-state index contributed by atoms with van der Waals surface area (Å²) in [7, 11) is 0. The van der Waals surface area contributed by atoms with E-state index in [1.54, 1.807) is 36.4 Å². The minimum Gasteiger partial charge on any atom is -0.399 e. The molecule has 0 saturated heterocycles. The summed E-state index contributed by atoms with van der Waals surface area (Å²) in [6.45, 7) is 0. The summed E-state index contributed by atoms with van der Waals surface area (Å²) in [4.78, 5) is 0. The number of nitrogens with two attached hydrogens (primary N) is 1. The summed E-state index contributed by atoms with van der Waals surface area (Å²) in [5, 5.41) is 10.8. The molecule has 0 aliphatic rings. The van der Waals surface area contributed by atoms with Gasteiger partial charge in [0.2, 0.25) is 0 Å². The van der Waals surface area contributed by atoms with E-state index in [0.717, 1.165) is 11.1 Å². The summed E-state index contributed by atoms with van der Waals surface area (Å²) in [5.74, 6) is 0. The average Bonchev–Trinajstić information content (AvgIpc) is 2.29. The lowest BCUT2D eigenvalue weighted by atomic mass is 10.0. The van der Waals surface area contributed by atoms with E-state index in [9.17, 15) is 5.11 Å². The van der Waals surface area contributed by atoms with Crippen LogP contribution in [0.3, 0.4) is 0 Å².